The lowest BCUT2D eigenvalue weighted by Gasteiger charge is -2.30. The van der Waals surface area contributed by atoms with Gasteiger partial charge in [-0.3, -0.25) is 14.4 Å². The fourth-order valence-electron chi connectivity index (χ4n) is 3.83. The van der Waals surface area contributed by atoms with Gasteiger partial charge in [-0.2, -0.15) is 11.3 Å². The number of hydrogen-bond donors (Lipinski definition) is 3. The van der Waals surface area contributed by atoms with Crippen LogP contribution < -0.4 is 5.32 Å². The van der Waals surface area contributed by atoms with Crippen LogP contribution in [0.25, 0.3) is 11.1 Å². The van der Waals surface area contributed by atoms with Crippen molar-refractivity contribution in [1.29, 1.82) is 0 Å². The van der Waals surface area contributed by atoms with Crippen LogP contribution >= 0.6 is 22.9 Å². The topological polar surface area (TPSA) is 104 Å². The molecule has 1 heterocycles. The minimum Gasteiger partial charge on any atom is -0.481 e. The summed E-state index contributed by atoms with van der Waals surface area (Å²) in [5, 5.41) is 26.2. The number of carbonyl (C=O) groups excluding carboxylic acids is 1. The maximum Gasteiger partial charge on any atom is 0.319 e. The summed E-state index contributed by atoms with van der Waals surface area (Å²) in [7, 11) is 0. The van der Waals surface area contributed by atoms with Gasteiger partial charge in [-0.1, -0.05) is 48.0 Å². The van der Waals surface area contributed by atoms with E-state index in [0.717, 1.165) is 29.2 Å². The van der Waals surface area contributed by atoms with Crippen LogP contribution in [-0.4, -0.2) is 34.1 Å². The first kappa shape index (κ1) is 25.5. The highest BCUT2D eigenvalue weighted by Gasteiger charge is 2.44. The first-order valence-corrected chi connectivity index (χ1v) is 12.1. The molecule has 3 N–H and O–H groups in total. The van der Waals surface area contributed by atoms with Gasteiger partial charge in [0, 0.05) is 17.0 Å². The number of aliphatic carboxylic acids is 2. The van der Waals surface area contributed by atoms with Crippen LogP contribution in [0.5, 0.6) is 0 Å². The van der Waals surface area contributed by atoms with E-state index in [1.54, 1.807) is 30.4 Å². The Kier molecular flexibility index (Phi) is 8.12. The number of halogens is 1. The largest absolute Gasteiger partial charge is 0.481 e. The summed E-state index contributed by atoms with van der Waals surface area (Å²) in [4.78, 5) is 35.9. The third-order valence-corrected chi connectivity index (χ3v) is 6.94. The normalized spacial score (nSPS) is 14.6. The van der Waals surface area contributed by atoms with E-state index in [1.807, 2.05) is 47.8 Å². The van der Waals surface area contributed by atoms with Gasteiger partial charge < -0.3 is 15.5 Å². The molecule has 6 nitrogen and oxygen atoms in total. The third kappa shape index (κ3) is 6.04. The number of hydrogen-bond acceptors (Lipinski definition) is 4. The van der Waals surface area contributed by atoms with Crippen molar-refractivity contribution in [1.82, 2.24) is 5.32 Å². The number of carboxylic acid groups (broad SMARTS) is 2. The van der Waals surface area contributed by atoms with E-state index < -0.39 is 35.7 Å². The molecule has 0 fully saturated rings. The molecular weight excluding hydrogens is 474 g/mol. The van der Waals surface area contributed by atoms with Gasteiger partial charge in [0.1, 0.15) is 0 Å². The van der Waals surface area contributed by atoms with Crippen LogP contribution in [0.1, 0.15) is 37.3 Å². The Bertz CT molecular complexity index is 1140. The van der Waals surface area contributed by atoms with E-state index in [9.17, 15) is 19.5 Å². The summed E-state index contributed by atoms with van der Waals surface area (Å²) >= 11 is 7.64. The Morgan fingerprint density at radius 1 is 1.00 bits per heavy atom. The Morgan fingerprint density at radius 2 is 1.65 bits per heavy atom. The van der Waals surface area contributed by atoms with Crippen molar-refractivity contribution >= 4 is 40.8 Å². The lowest BCUT2D eigenvalue weighted by Crippen LogP contribution is -2.50. The fourth-order valence-corrected chi connectivity index (χ4v) is 4.62. The summed E-state index contributed by atoms with van der Waals surface area (Å²) in [6.07, 6.45) is -0.239. The SMILES string of the molecule is CC(NC(=O)C(C)(CC(=O)O)C(=O)O)C(Cc1ccc(Cl)cc1)c1ccc(-c2ccsc2)cc1. The molecule has 178 valence electrons. The Balaban J connectivity index is 1.89. The van der Waals surface area contributed by atoms with Gasteiger partial charge in [0.25, 0.3) is 0 Å². The molecule has 3 unspecified atom stereocenters. The van der Waals surface area contributed by atoms with Crippen molar-refractivity contribution in [2.24, 2.45) is 5.41 Å². The molecule has 2 aromatic carbocycles. The van der Waals surface area contributed by atoms with Crippen LogP contribution in [0.3, 0.4) is 0 Å². The van der Waals surface area contributed by atoms with E-state index >= 15 is 0 Å². The van der Waals surface area contributed by atoms with E-state index in [2.05, 4.69) is 10.7 Å². The molecule has 0 aliphatic rings. The molecule has 0 saturated heterocycles. The van der Waals surface area contributed by atoms with Gasteiger partial charge >= 0.3 is 11.9 Å². The van der Waals surface area contributed by atoms with Crippen molar-refractivity contribution in [2.45, 2.75) is 38.6 Å². The zero-order valence-corrected chi connectivity index (χ0v) is 20.4. The predicted octanol–water partition coefficient (Wildman–Crippen LogP) is 5.47. The molecule has 3 rings (SSSR count). The number of nitrogens with one attached hydrogen (secondary N) is 1. The lowest BCUT2D eigenvalue weighted by molar-refractivity contribution is -0.160. The molecule has 0 radical (unpaired) electrons. The van der Waals surface area contributed by atoms with Crippen molar-refractivity contribution in [3.63, 3.8) is 0 Å². The van der Waals surface area contributed by atoms with Crippen LogP contribution in [0, 0.1) is 5.41 Å². The fraction of sp³-hybridized carbons (Fsp3) is 0.269. The molecule has 1 amide bonds. The molecule has 0 aliphatic heterocycles. The number of benzene rings is 2. The van der Waals surface area contributed by atoms with Crippen molar-refractivity contribution in [2.75, 3.05) is 0 Å². The zero-order chi connectivity index (χ0) is 24.9. The number of carboxylic acids is 2. The molecule has 0 spiro atoms. The first-order chi connectivity index (χ1) is 16.1. The summed E-state index contributed by atoms with van der Waals surface area (Å²) in [5.74, 6) is -3.85. The predicted molar refractivity (Wildman–Crippen MR) is 133 cm³/mol. The number of carbonyl (C=O) groups is 3. The molecule has 3 atom stereocenters. The summed E-state index contributed by atoms with van der Waals surface area (Å²) in [6.45, 7) is 2.93. The summed E-state index contributed by atoms with van der Waals surface area (Å²) in [5.41, 5.74) is 2.10. The van der Waals surface area contributed by atoms with E-state index in [0.29, 0.717) is 11.4 Å². The van der Waals surface area contributed by atoms with Crippen molar-refractivity contribution in [3.05, 3.63) is 81.5 Å². The Morgan fingerprint density at radius 3 is 2.18 bits per heavy atom. The van der Waals surface area contributed by atoms with Gasteiger partial charge in [-0.25, -0.2) is 0 Å². The van der Waals surface area contributed by atoms with Gasteiger partial charge in [0.2, 0.25) is 5.91 Å². The minimum absolute atomic E-state index is 0.190. The first-order valence-electron chi connectivity index (χ1n) is 10.7. The maximum atomic E-state index is 12.9. The second kappa shape index (κ2) is 10.8. The second-order valence-corrected chi connectivity index (χ2v) is 9.76. The molecule has 0 bridgehead atoms. The van der Waals surface area contributed by atoms with Gasteiger partial charge in [-0.05, 0) is 71.5 Å². The quantitative estimate of drug-likeness (QED) is 0.321. The molecular formula is C26H26ClNO5S. The lowest BCUT2D eigenvalue weighted by atomic mass is 9.83. The monoisotopic (exact) mass is 499 g/mol. The van der Waals surface area contributed by atoms with Gasteiger partial charge in [-0.15, -0.1) is 0 Å². The van der Waals surface area contributed by atoms with Crippen molar-refractivity contribution in [3.8, 4) is 11.1 Å². The summed E-state index contributed by atoms with van der Waals surface area (Å²) < 4.78 is 0. The smallest absolute Gasteiger partial charge is 0.319 e. The van der Waals surface area contributed by atoms with E-state index in [-0.39, 0.29) is 5.92 Å². The average molecular weight is 500 g/mol. The Labute approximate surface area is 207 Å². The highest BCUT2D eigenvalue weighted by atomic mass is 35.5. The number of rotatable bonds is 10. The minimum atomic E-state index is -2.08. The maximum absolute atomic E-state index is 12.9. The van der Waals surface area contributed by atoms with E-state index in [1.165, 1.54) is 0 Å². The molecule has 0 aliphatic carbocycles. The zero-order valence-electron chi connectivity index (χ0n) is 18.8. The van der Waals surface area contributed by atoms with Crippen LogP contribution in [0.4, 0.5) is 0 Å². The summed E-state index contributed by atoms with van der Waals surface area (Å²) in [6, 6.07) is 17.0. The molecule has 3 aromatic rings. The standard InChI is InChI=1S/C26H26ClNO5S/c1-16(28-24(31)26(2,25(32)33)14-23(29)30)22(13-17-3-9-21(27)10-4-17)19-7-5-18(6-8-19)20-11-12-34-15-20/h3-12,15-16,22H,13-14H2,1-2H3,(H,28,31)(H,29,30)(H,32,33). The second-order valence-electron chi connectivity index (χ2n) is 8.54. The van der Waals surface area contributed by atoms with Crippen LogP contribution in [-0.2, 0) is 20.8 Å². The average Bonchev–Trinajstić information content (AvgIpc) is 3.33. The van der Waals surface area contributed by atoms with Gasteiger partial charge in [0.05, 0.1) is 6.42 Å². The third-order valence-electron chi connectivity index (χ3n) is 6.00. The van der Waals surface area contributed by atoms with Crippen LogP contribution in [0.15, 0.2) is 65.4 Å². The van der Waals surface area contributed by atoms with Gasteiger partial charge in [0.15, 0.2) is 5.41 Å². The van der Waals surface area contributed by atoms with Crippen LogP contribution in [0.2, 0.25) is 5.02 Å². The highest BCUT2D eigenvalue weighted by molar-refractivity contribution is 7.08. The number of amides is 1. The molecule has 8 heteroatoms. The molecule has 1 aromatic heterocycles. The molecule has 0 saturated carbocycles. The molecule has 34 heavy (non-hydrogen) atoms. The van der Waals surface area contributed by atoms with Crippen molar-refractivity contribution < 1.29 is 24.6 Å². The highest BCUT2D eigenvalue weighted by Crippen LogP contribution is 2.30. The number of thiophene rings is 1. The Hall–Kier alpha value is -3.16. The van der Waals surface area contributed by atoms with E-state index in [4.69, 9.17) is 16.7 Å².